The molecular formula is C26H35F2NO3. The van der Waals surface area contributed by atoms with Crippen molar-refractivity contribution in [3.63, 3.8) is 0 Å². The van der Waals surface area contributed by atoms with E-state index in [1.54, 1.807) is 0 Å². The maximum atomic E-state index is 14.9. The van der Waals surface area contributed by atoms with E-state index < -0.39 is 5.67 Å². The van der Waals surface area contributed by atoms with Gasteiger partial charge in [-0.25, -0.2) is 8.78 Å². The first-order chi connectivity index (χ1) is 15.4. The molecule has 0 aromatic heterocycles. The van der Waals surface area contributed by atoms with Crippen molar-refractivity contribution in [2.45, 2.75) is 75.8 Å². The van der Waals surface area contributed by atoms with Gasteiger partial charge in [-0.2, -0.15) is 0 Å². The number of ether oxygens (including phenoxy) is 2. The molecule has 32 heavy (non-hydrogen) atoms. The molecule has 1 aliphatic heterocycles. The summed E-state index contributed by atoms with van der Waals surface area (Å²) in [6, 6.07) is 8.17. The van der Waals surface area contributed by atoms with E-state index in [-0.39, 0.29) is 29.9 Å². The summed E-state index contributed by atoms with van der Waals surface area (Å²) in [7, 11) is 0. The summed E-state index contributed by atoms with van der Waals surface area (Å²) in [5.41, 5.74) is 0.356. The van der Waals surface area contributed by atoms with E-state index in [1.807, 2.05) is 19.1 Å². The van der Waals surface area contributed by atoms with Crippen LogP contribution in [0.1, 0.15) is 70.3 Å². The SMILES string of the molecule is CC/C(=C\F)COc1ccc(C23CCC(C(=O)NCC4(F)CCOCC4)(CC2)CC3)cc1. The molecule has 2 bridgehead atoms. The highest BCUT2D eigenvalue weighted by Crippen LogP contribution is 2.58. The molecule has 6 heteroatoms. The van der Waals surface area contributed by atoms with Gasteiger partial charge in [0.1, 0.15) is 18.0 Å². The Balaban J connectivity index is 1.33. The Morgan fingerprint density at radius 2 is 1.69 bits per heavy atom. The number of nitrogens with one attached hydrogen (secondary N) is 1. The van der Waals surface area contributed by atoms with Gasteiger partial charge in [0.2, 0.25) is 5.91 Å². The van der Waals surface area contributed by atoms with Gasteiger partial charge in [-0.1, -0.05) is 19.1 Å². The summed E-state index contributed by atoms with van der Waals surface area (Å²) < 4.78 is 38.5. The Kier molecular flexibility index (Phi) is 6.89. The van der Waals surface area contributed by atoms with Crippen LogP contribution in [0.25, 0.3) is 0 Å². The molecule has 1 aromatic carbocycles. The third-order valence-corrected chi connectivity index (χ3v) is 8.18. The van der Waals surface area contributed by atoms with E-state index in [0.29, 0.717) is 44.4 Å². The Bertz CT molecular complexity index is 805. The topological polar surface area (TPSA) is 47.6 Å². The van der Waals surface area contributed by atoms with Gasteiger partial charge >= 0.3 is 0 Å². The van der Waals surface area contributed by atoms with Crippen molar-refractivity contribution in [1.29, 1.82) is 0 Å². The number of carbonyl (C=O) groups is 1. The molecule has 176 valence electrons. The average Bonchev–Trinajstić information content (AvgIpc) is 2.85. The lowest BCUT2D eigenvalue weighted by Crippen LogP contribution is -2.54. The smallest absolute Gasteiger partial charge is 0.226 e. The predicted molar refractivity (Wildman–Crippen MR) is 120 cm³/mol. The predicted octanol–water partition coefficient (Wildman–Crippen LogP) is 5.56. The second-order valence-electron chi connectivity index (χ2n) is 9.94. The molecular weight excluding hydrogens is 412 g/mol. The molecule has 0 spiro atoms. The molecule has 1 aromatic rings. The molecule has 3 aliphatic carbocycles. The number of hydrogen-bond donors (Lipinski definition) is 1. The van der Waals surface area contributed by atoms with E-state index in [0.717, 1.165) is 44.3 Å². The molecule has 1 amide bonds. The number of carbonyl (C=O) groups excluding carboxylic acids is 1. The number of alkyl halides is 1. The molecule has 5 rings (SSSR count). The highest BCUT2D eigenvalue weighted by Gasteiger charge is 2.53. The molecule has 4 fully saturated rings. The van der Waals surface area contributed by atoms with Crippen molar-refractivity contribution >= 4 is 5.91 Å². The molecule has 1 heterocycles. The summed E-state index contributed by atoms with van der Waals surface area (Å²) in [6.45, 7) is 3.12. The van der Waals surface area contributed by atoms with Crippen LogP contribution in [-0.4, -0.2) is 37.9 Å². The van der Waals surface area contributed by atoms with Gasteiger partial charge in [0, 0.05) is 31.5 Å². The lowest BCUT2D eigenvalue weighted by Gasteiger charge is -2.53. The molecule has 0 radical (unpaired) electrons. The van der Waals surface area contributed by atoms with Gasteiger partial charge in [0.15, 0.2) is 0 Å². The minimum absolute atomic E-state index is 0.0331. The number of hydrogen-bond acceptors (Lipinski definition) is 3. The van der Waals surface area contributed by atoms with Gasteiger partial charge in [0.05, 0.1) is 12.9 Å². The molecule has 0 unspecified atom stereocenters. The fourth-order valence-corrected chi connectivity index (χ4v) is 5.59. The van der Waals surface area contributed by atoms with E-state index in [2.05, 4.69) is 17.4 Å². The summed E-state index contributed by atoms with van der Waals surface area (Å²) in [6.07, 6.45) is 7.42. The van der Waals surface area contributed by atoms with E-state index >= 15 is 0 Å². The van der Waals surface area contributed by atoms with E-state index in [4.69, 9.17) is 9.47 Å². The van der Waals surface area contributed by atoms with Crippen molar-refractivity contribution in [1.82, 2.24) is 5.32 Å². The van der Waals surface area contributed by atoms with Crippen LogP contribution in [0.2, 0.25) is 0 Å². The molecule has 1 N–H and O–H groups in total. The zero-order valence-electron chi connectivity index (χ0n) is 19.1. The first kappa shape index (κ1) is 23.2. The second-order valence-corrected chi connectivity index (χ2v) is 9.94. The van der Waals surface area contributed by atoms with Crippen molar-refractivity contribution in [2.75, 3.05) is 26.4 Å². The number of halogens is 2. The van der Waals surface area contributed by atoms with Crippen molar-refractivity contribution < 1.29 is 23.0 Å². The first-order valence-corrected chi connectivity index (χ1v) is 12.0. The monoisotopic (exact) mass is 447 g/mol. The van der Waals surface area contributed by atoms with Crippen LogP contribution in [-0.2, 0) is 14.9 Å². The lowest BCUT2D eigenvalue weighted by atomic mass is 9.51. The minimum Gasteiger partial charge on any atom is -0.489 e. The summed E-state index contributed by atoms with van der Waals surface area (Å²) in [4.78, 5) is 13.1. The standard InChI is InChI=1S/C26H35F2NO3/c1-2-20(17-27)18-32-22-5-3-21(4-6-22)24-7-10-25(11-8-24,12-9-24)23(30)29-19-26(28)13-15-31-16-14-26/h3-6,17H,2,7-16,18-19H2,1H3,(H,29,30)/b20-17+. The molecule has 0 atom stereocenters. The first-order valence-electron chi connectivity index (χ1n) is 12.0. The van der Waals surface area contributed by atoms with Crippen molar-refractivity contribution in [2.24, 2.45) is 5.41 Å². The number of benzene rings is 1. The third kappa shape index (κ3) is 4.70. The maximum absolute atomic E-state index is 14.9. The van der Waals surface area contributed by atoms with Gasteiger partial charge in [-0.3, -0.25) is 4.79 Å². The van der Waals surface area contributed by atoms with Crippen LogP contribution < -0.4 is 10.1 Å². The highest BCUT2D eigenvalue weighted by atomic mass is 19.1. The van der Waals surface area contributed by atoms with Crippen molar-refractivity contribution in [3.8, 4) is 5.75 Å². The van der Waals surface area contributed by atoms with Crippen LogP contribution in [0.4, 0.5) is 8.78 Å². The zero-order chi connectivity index (χ0) is 22.7. The van der Waals surface area contributed by atoms with Crippen molar-refractivity contribution in [3.05, 3.63) is 41.7 Å². The lowest BCUT2D eigenvalue weighted by molar-refractivity contribution is -0.139. The quantitative estimate of drug-likeness (QED) is 0.568. The molecule has 4 aliphatic rings. The fourth-order valence-electron chi connectivity index (χ4n) is 5.59. The number of fused-ring (bicyclic) bond motifs is 3. The van der Waals surface area contributed by atoms with E-state index in [9.17, 15) is 13.6 Å². The van der Waals surface area contributed by atoms with Crippen LogP contribution in [0.5, 0.6) is 5.75 Å². The summed E-state index contributed by atoms with van der Waals surface area (Å²) >= 11 is 0. The largest absolute Gasteiger partial charge is 0.489 e. The normalized spacial score (nSPS) is 29.5. The van der Waals surface area contributed by atoms with Crippen LogP contribution in [0.15, 0.2) is 36.2 Å². The summed E-state index contributed by atoms with van der Waals surface area (Å²) in [5.74, 6) is 0.775. The second kappa shape index (κ2) is 9.50. The van der Waals surface area contributed by atoms with Gasteiger partial charge in [-0.15, -0.1) is 0 Å². The van der Waals surface area contributed by atoms with Crippen LogP contribution >= 0.6 is 0 Å². The minimum atomic E-state index is -1.33. The molecule has 4 nitrogen and oxygen atoms in total. The third-order valence-electron chi connectivity index (χ3n) is 8.18. The van der Waals surface area contributed by atoms with Crippen LogP contribution in [0, 0.1) is 5.41 Å². The number of rotatable bonds is 8. The Morgan fingerprint density at radius 3 is 2.25 bits per heavy atom. The highest BCUT2D eigenvalue weighted by molar-refractivity contribution is 5.83. The van der Waals surface area contributed by atoms with E-state index in [1.165, 1.54) is 5.56 Å². The maximum Gasteiger partial charge on any atom is 0.226 e. The van der Waals surface area contributed by atoms with Crippen LogP contribution in [0.3, 0.4) is 0 Å². The zero-order valence-corrected chi connectivity index (χ0v) is 19.1. The summed E-state index contributed by atoms with van der Waals surface area (Å²) in [5, 5.41) is 2.95. The Morgan fingerprint density at radius 1 is 1.06 bits per heavy atom. The molecule has 1 saturated heterocycles. The Labute approximate surface area is 189 Å². The number of amides is 1. The fraction of sp³-hybridized carbons (Fsp3) is 0.654. The van der Waals surface area contributed by atoms with Gasteiger partial charge in [0.25, 0.3) is 0 Å². The average molecular weight is 448 g/mol. The Hall–Kier alpha value is -1.95. The van der Waals surface area contributed by atoms with Gasteiger partial charge < -0.3 is 14.8 Å². The van der Waals surface area contributed by atoms with Gasteiger partial charge in [-0.05, 0) is 73.6 Å². The molecule has 3 saturated carbocycles.